The number of carbonyl (C=O) groups is 3. The minimum Gasteiger partial charge on any atom is -0.483 e. The third-order valence-corrected chi connectivity index (χ3v) is 5.25. The molecular formula is C25H30N2O6. The van der Waals surface area contributed by atoms with Gasteiger partial charge in [-0.05, 0) is 51.8 Å². The Hall–Kier alpha value is -3.55. The van der Waals surface area contributed by atoms with Gasteiger partial charge in [0.05, 0.1) is 6.54 Å². The molecule has 0 radical (unpaired) electrons. The SMILES string of the molecule is Cc1cccc(C)c1NC(=O)CNC(=O)C(C)OC(=O)COc1cccc2c1OC(C)(C)C2. The van der Waals surface area contributed by atoms with Gasteiger partial charge in [0.2, 0.25) is 5.91 Å². The predicted octanol–water partition coefficient (Wildman–Crippen LogP) is 3.08. The average molecular weight is 455 g/mol. The van der Waals surface area contributed by atoms with Gasteiger partial charge in [0.15, 0.2) is 24.2 Å². The normalized spacial score (nSPS) is 14.5. The topological polar surface area (TPSA) is 103 Å². The molecule has 0 aliphatic carbocycles. The van der Waals surface area contributed by atoms with Crippen molar-refractivity contribution < 1.29 is 28.6 Å². The van der Waals surface area contributed by atoms with Gasteiger partial charge in [-0.3, -0.25) is 9.59 Å². The highest BCUT2D eigenvalue weighted by Crippen LogP contribution is 2.41. The Kier molecular flexibility index (Phi) is 7.26. The highest BCUT2D eigenvalue weighted by molar-refractivity contribution is 5.96. The van der Waals surface area contributed by atoms with E-state index in [0.717, 1.165) is 23.1 Å². The molecule has 0 fully saturated rings. The third-order valence-electron chi connectivity index (χ3n) is 5.25. The lowest BCUT2D eigenvalue weighted by atomic mass is 10.0. The lowest BCUT2D eigenvalue weighted by molar-refractivity contribution is -0.156. The Labute approximate surface area is 193 Å². The van der Waals surface area contributed by atoms with Crippen LogP contribution in [0, 0.1) is 13.8 Å². The Morgan fingerprint density at radius 2 is 1.76 bits per heavy atom. The number of rotatable bonds is 8. The van der Waals surface area contributed by atoms with Gasteiger partial charge in [-0.15, -0.1) is 0 Å². The quantitative estimate of drug-likeness (QED) is 0.595. The van der Waals surface area contributed by atoms with E-state index >= 15 is 0 Å². The molecule has 8 heteroatoms. The number of esters is 1. The van der Waals surface area contributed by atoms with Gasteiger partial charge in [0.1, 0.15) is 5.60 Å². The molecule has 3 rings (SSSR count). The predicted molar refractivity (Wildman–Crippen MR) is 123 cm³/mol. The van der Waals surface area contributed by atoms with Crippen LogP contribution in [-0.2, 0) is 25.5 Å². The average Bonchev–Trinajstić information content (AvgIpc) is 3.07. The summed E-state index contributed by atoms with van der Waals surface area (Å²) in [6.07, 6.45) is -0.330. The van der Waals surface area contributed by atoms with E-state index in [4.69, 9.17) is 14.2 Å². The molecule has 2 aromatic carbocycles. The van der Waals surface area contributed by atoms with E-state index in [1.165, 1.54) is 6.92 Å². The summed E-state index contributed by atoms with van der Waals surface area (Å²) in [4.78, 5) is 36.6. The fourth-order valence-corrected chi connectivity index (χ4v) is 3.63. The van der Waals surface area contributed by atoms with E-state index in [1.54, 1.807) is 6.07 Å². The summed E-state index contributed by atoms with van der Waals surface area (Å²) in [5.74, 6) is -0.576. The van der Waals surface area contributed by atoms with Gasteiger partial charge in [-0.1, -0.05) is 30.3 Å². The maximum absolute atomic E-state index is 12.2. The number of hydrogen-bond donors (Lipinski definition) is 2. The molecule has 0 aromatic heterocycles. The minimum absolute atomic E-state index is 0.242. The van der Waals surface area contributed by atoms with Gasteiger partial charge >= 0.3 is 5.97 Å². The van der Waals surface area contributed by atoms with Crippen molar-refractivity contribution in [3.63, 3.8) is 0 Å². The van der Waals surface area contributed by atoms with Gasteiger partial charge in [-0.2, -0.15) is 0 Å². The summed E-state index contributed by atoms with van der Waals surface area (Å²) in [6.45, 7) is 8.56. The summed E-state index contributed by atoms with van der Waals surface area (Å²) in [6, 6.07) is 11.2. The van der Waals surface area contributed by atoms with Crippen LogP contribution in [-0.4, -0.2) is 42.6 Å². The van der Waals surface area contributed by atoms with Crippen molar-refractivity contribution in [2.45, 2.75) is 52.7 Å². The van der Waals surface area contributed by atoms with Crippen LogP contribution in [0.25, 0.3) is 0 Å². The fourth-order valence-electron chi connectivity index (χ4n) is 3.63. The standard InChI is InChI=1S/C25H30N2O6/c1-15-8-6-9-16(2)22(15)27-20(28)13-26-24(30)17(3)32-21(29)14-31-19-11-7-10-18-12-25(4,5)33-23(18)19/h6-11,17H,12-14H2,1-5H3,(H,26,30)(H,27,28). The molecule has 8 nitrogen and oxygen atoms in total. The van der Waals surface area contributed by atoms with Gasteiger partial charge in [0, 0.05) is 17.7 Å². The molecule has 1 atom stereocenters. The number of nitrogens with one attached hydrogen (secondary N) is 2. The first kappa shape index (κ1) is 24.1. The van der Waals surface area contributed by atoms with Crippen molar-refractivity contribution in [2.24, 2.45) is 0 Å². The molecule has 1 heterocycles. The summed E-state index contributed by atoms with van der Waals surface area (Å²) in [5.41, 5.74) is 3.25. The van der Waals surface area contributed by atoms with Crippen LogP contribution in [0.5, 0.6) is 11.5 Å². The largest absolute Gasteiger partial charge is 0.483 e. The molecule has 1 aliphatic heterocycles. The first-order valence-electron chi connectivity index (χ1n) is 10.8. The lowest BCUT2D eigenvalue weighted by Crippen LogP contribution is -2.40. The Morgan fingerprint density at radius 1 is 1.09 bits per heavy atom. The maximum Gasteiger partial charge on any atom is 0.344 e. The highest BCUT2D eigenvalue weighted by atomic mass is 16.6. The maximum atomic E-state index is 12.2. The lowest BCUT2D eigenvalue weighted by Gasteiger charge is -2.18. The number of hydrogen-bond acceptors (Lipinski definition) is 6. The van der Waals surface area contributed by atoms with Crippen molar-refractivity contribution in [1.82, 2.24) is 5.32 Å². The molecule has 1 unspecified atom stereocenters. The van der Waals surface area contributed by atoms with E-state index in [9.17, 15) is 14.4 Å². The van der Waals surface area contributed by atoms with Crippen LogP contribution in [0.4, 0.5) is 5.69 Å². The van der Waals surface area contributed by atoms with E-state index in [2.05, 4.69) is 10.6 Å². The summed E-state index contributed by atoms with van der Waals surface area (Å²) in [7, 11) is 0. The first-order chi connectivity index (χ1) is 15.6. The van der Waals surface area contributed by atoms with Crippen molar-refractivity contribution in [3.8, 4) is 11.5 Å². The zero-order chi connectivity index (χ0) is 24.2. The van der Waals surface area contributed by atoms with Gasteiger partial charge in [-0.25, -0.2) is 4.79 Å². The number of benzene rings is 2. The zero-order valence-corrected chi connectivity index (χ0v) is 19.6. The first-order valence-corrected chi connectivity index (χ1v) is 10.8. The van der Waals surface area contributed by atoms with E-state index in [1.807, 2.05) is 58.0 Å². The van der Waals surface area contributed by atoms with Crippen molar-refractivity contribution in [3.05, 3.63) is 53.1 Å². The monoisotopic (exact) mass is 454 g/mol. The van der Waals surface area contributed by atoms with E-state index in [-0.39, 0.29) is 24.7 Å². The fraction of sp³-hybridized carbons (Fsp3) is 0.400. The second-order valence-electron chi connectivity index (χ2n) is 8.74. The molecule has 0 saturated heterocycles. The summed E-state index contributed by atoms with van der Waals surface area (Å²) < 4.78 is 16.6. The second kappa shape index (κ2) is 9.94. The zero-order valence-electron chi connectivity index (χ0n) is 19.6. The van der Waals surface area contributed by atoms with Gasteiger partial charge < -0.3 is 24.8 Å². The van der Waals surface area contributed by atoms with E-state index < -0.39 is 18.0 Å². The third kappa shape index (κ3) is 6.25. The summed E-state index contributed by atoms with van der Waals surface area (Å²) >= 11 is 0. The summed E-state index contributed by atoms with van der Waals surface area (Å²) in [5, 5.41) is 5.26. The smallest absolute Gasteiger partial charge is 0.344 e. The molecule has 0 bridgehead atoms. The number of amides is 2. The second-order valence-corrected chi connectivity index (χ2v) is 8.74. The minimum atomic E-state index is -1.08. The van der Waals surface area contributed by atoms with Crippen LogP contribution in [0.3, 0.4) is 0 Å². The molecule has 176 valence electrons. The molecule has 33 heavy (non-hydrogen) atoms. The Bertz CT molecular complexity index is 1040. The van der Waals surface area contributed by atoms with Crippen LogP contribution >= 0.6 is 0 Å². The molecular weight excluding hydrogens is 424 g/mol. The Morgan fingerprint density at radius 3 is 2.45 bits per heavy atom. The molecule has 2 N–H and O–H groups in total. The Balaban J connectivity index is 1.44. The van der Waals surface area contributed by atoms with Crippen molar-refractivity contribution >= 4 is 23.5 Å². The van der Waals surface area contributed by atoms with Crippen LogP contribution < -0.4 is 20.1 Å². The molecule has 0 spiro atoms. The van der Waals surface area contributed by atoms with Crippen LogP contribution in [0.15, 0.2) is 36.4 Å². The molecule has 2 amide bonds. The van der Waals surface area contributed by atoms with Crippen LogP contribution in [0.2, 0.25) is 0 Å². The molecule has 2 aromatic rings. The number of para-hydroxylation sites is 2. The number of fused-ring (bicyclic) bond motifs is 1. The number of ether oxygens (including phenoxy) is 3. The van der Waals surface area contributed by atoms with Gasteiger partial charge in [0.25, 0.3) is 5.91 Å². The molecule has 0 saturated carbocycles. The number of aryl methyl sites for hydroxylation is 2. The number of carbonyl (C=O) groups excluding carboxylic acids is 3. The van der Waals surface area contributed by atoms with Crippen molar-refractivity contribution in [2.75, 3.05) is 18.5 Å². The molecule has 1 aliphatic rings. The van der Waals surface area contributed by atoms with Crippen molar-refractivity contribution in [1.29, 1.82) is 0 Å². The highest BCUT2D eigenvalue weighted by Gasteiger charge is 2.32. The van der Waals surface area contributed by atoms with Crippen LogP contribution in [0.1, 0.15) is 37.5 Å². The van der Waals surface area contributed by atoms with E-state index in [0.29, 0.717) is 17.2 Å². The number of anilines is 1.